The zero-order valence-corrected chi connectivity index (χ0v) is 13.8. The molecule has 6 heteroatoms. The highest BCUT2D eigenvalue weighted by Gasteiger charge is 2.14. The Labute approximate surface area is 140 Å². The highest BCUT2D eigenvalue weighted by Crippen LogP contribution is 2.30. The van der Waals surface area contributed by atoms with E-state index in [1.54, 1.807) is 19.1 Å². The van der Waals surface area contributed by atoms with E-state index in [0.29, 0.717) is 11.3 Å². The van der Waals surface area contributed by atoms with Gasteiger partial charge in [0, 0.05) is 12.0 Å². The van der Waals surface area contributed by atoms with E-state index in [-0.39, 0.29) is 23.7 Å². The van der Waals surface area contributed by atoms with E-state index >= 15 is 0 Å². The maximum absolute atomic E-state index is 12.3. The van der Waals surface area contributed by atoms with Crippen LogP contribution in [0.15, 0.2) is 36.4 Å². The van der Waals surface area contributed by atoms with Crippen LogP contribution in [-0.2, 0) is 4.79 Å². The summed E-state index contributed by atoms with van der Waals surface area (Å²) < 4.78 is 10.3. The number of aryl methyl sites for hydroxylation is 1. The highest BCUT2D eigenvalue weighted by molar-refractivity contribution is 6.05. The van der Waals surface area contributed by atoms with Crippen LogP contribution in [0.25, 0.3) is 0 Å². The van der Waals surface area contributed by atoms with Crippen LogP contribution in [-0.4, -0.2) is 24.1 Å². The normalized spacial score (nSPS) is 10.1. The maximum Gasteiger partial charge on any atom is 0.311 e. The van der Waals surface area contributed by atoms with E-state index in [4.69, 9.17) is 9.47 Å². The van der Waals surface area contributed by atoms with Gasteiger partial charge < -0.3 is 19.9 Å². The molecular weight excluding hydrogens is 310 g/mol. The Hall–Kier alpha value is -3.02. The van der Waals surface area contributed by atoms with Gasteiger partial charge >= 0.3 is 5.97 Å². The molecule has 0 aliphatic rings. The number of hydrogen-bond donors (Lipinski definition) is 2. The predicted octanol–water partition coefficient (Wildman–Crippen LogP) is 3.28. The van der Waals surface area contributed by atoms with Crippen LogP contribution in [0.3, 0.4) is 0 Å². The zero-order chi connectivity index (χ0) is 17.7. The molecule has 0 saturated heterocycles. The molecule has 0 bridgehead atoms. The van der Waals surface area contributed by atoms with Gasteiger partial charge in [-0.1, -0.05) is 13.0 Å². The summed E-state index contributed by atoms with van der Waals surface area (Å²) >= 11 is 0. The summed E-state index contributed by atoms with van der Waals surface area (Å²) in [6.45, 7) is 3.54. The number of esters is 1. The SMILES string of the molecule is CCC(=O)Oc1ccc(C(=O)Nc2cc(C)ccc2O)cc1OC. The topological polar surface area (TPSA) is 84.9 Å². The quantitative estimate of drug-likeness (QED) is 0.499. The number of benzene rings is 2. The van der Waals surface area contributed by atoms with Gasteiger partial charge in [0.1, 0.15) is 5.75 Å². The second kappa shape index (κ2) is 7.50. The van der Waals surface area contributed by atoms with Crippen molar-refractivity contribution in [3.63, 3.8) is 0 Å². The van der Waals surface area contributed by atoms with Crippen molar-refractivity contribution in [1.29, 1.82) is 0 Å². The lowest BCUT2D eigenvalue weighted by atomic mass is 10.1. The number of methoxy groups -OCH3 is 1. The summed E-state index contributed by atoms with van der Waals surface area (Å²) in [4.78, 5) is 23.7. The standard InChI is InChI=1S/C18H19NO5/c1-4-17(21)24-15-8-6-12(10-16(15)23-3)18(22)19-13-9-11(2)5-7-14(13)20/h5-10,20H,4H2,1-3H3,(H,19,22). The van der Waals surface area contributed by atoms with Gasteiger partial charge in [0.15, 0.2) is 11.5 Å². The van der Waals surface area contributed by atoms with Crippen molar-refractivity contribution >= 4 is 17.6 Å². The number of anilines is 1. The summed E-state index contributed by atoms with van der Waals surface area (Å²) in [6.07, 6.45) is 0.234. The number of ether oxygens (including phenoxy) is 2. The largest absolute Gasteiger partial charge is 0.506 e. The molecule has 2 aromatic carbocycles. The Morgan fingerprint density at radius 1 is 1.12 bits per heavy atom. The van der Waals surface area contributed by atoms with E-state index in [1.165, 1.54) is 31.4 Å². The Morgan fingerprint density at radius 2 is 1.88 bits per heavy atom. The van der Waals surface area contributed by atoms with Crippen LogP contribution in [0.1, 0.15) is 29.3 Å². The third kappa shape index (κ3) is 4.04. The average molecular weight is 329 g/mol. The van der Waals surface area contributed by atoms with Gasteiger partial charge in [-0.15, -0.1) is 0 Å². The second-order valence-corrected chi connectivity index (χ2v) is 5.17. The molecule has 0 unspecified atom stereocenters. The molecule has 1 amide bonds. The lowest BCUT2D eigenvalue weighted by molar-refractivity contribution is -0.134. The van der Waals surface area contributed by atoms with Crippen molar-refractivity contribution in [1.82, 2.24) is 0 Å². The average Bonchev–Trinajstić information content (AvgIpc) is 2.58. The van der Waals surface area contributed by atoms with Crippen LogP contribution in [0.4, 0.5) is 5.69 Å². The molecule has 126 valence electrons. The summed E-state index contributed by atoms with van der Waals surface area (Å²) in [6, 6.07) is 9.41. The fraction of sp³-hybridized carbons (Fsp3) is 0.222. The number of carbonyl (C=O) groups is 2. The molecule has 0 heterocycles. The van der Waals surface area contributed by atoms with E-state index in [0.717, 1.165) is 5.56 Å². The molecule has 0 radical (unpaired) electrons. The summed E-state index contributed by atoms with van der Waals surface area (Å²) in [7, 11) is 1.42. The fourth-order valence-electron chi connectivity index (χ4n) is 2.03. The molecule has 2 rings (SSSR count). The molecule has 0 aliphatic heterocycles. The van der Waals surface area contributed by atoms with E-state index < -0.39 is 11.9 Å². The summed E-state index contributed by atoms with van der Waals surface area (Å²) in [5.74, 6) is -0.301. The monoisotopic (exact) mass is 329 g/mol. The van der Waals surface area contributed by atoms with Crippen molar-refractivity contribution in [3.8, 4) is 17.2 Å². The minimum Gasteiger partial charge on any atom is -0.506 e. The van der Waals surface area contributed by atoms with Crippen molar-refractivity contribution in [2.75, 3.05) is 12.4 Å². The van der Waals surface area contributed by atoms with E-state index in [1.807, 2.05) is 6.92 Å². The molecule has 0 spiro atoms. The number of carbonyl (C=O) groups excluding carboxylic acids is 2. The van der Waals surface area contributed by atoms with Crippen LogP contribution in [0.5, 0.6) is 17.2 Å². The van der Waals surface area contributed by atoms with E-state index in [2.05, 4.69) is 5.32 Å². The zero-order valence-electron chi connectivity index (χ0n) is 13.8. The Morgan fingerprint density at radius 3 is 2.54 bits per heavy atom. The Bertz CT molecular complexity index is 770. The van der Waals surface area contributed by atoms with Crippen molar-refractivity contribution in [3.05, 3.63) is 47.5 Å². The fourth-order valence-corrected chi connectivity index (χ4v) is 2.03. The second-order valence-electron chi connectivity index (χ2n) is 5.17. The lowest BCUT2D eigenvalue weighted by Crippen LogP contribution is -2.13. The smallest absolute Gasteiger partial charge is 0.311 e. The van der Waals surface area contributed by atoms with Crippen molar-refractivity contribution in [2.45, 2.75) is 20.3 Å². The van der Waals surface area contributed by atoms with Gasteiger partial charge in [-0.25, -0.2) is 0 Å². The molecule has 2 N–H and O–H groups in total. The molecule has 2 aromatic rings. The minimum atomic E-state index is -0.414. The van der Waals surface area contributed by atoms with Gasteiger partial charge in [-0.05, 0) is 42.8 Å². The van der Waals surface area contributed by atoms with Gasteiger partial charge in [0.25, 0.3) is 5.91 Å². The number of amides is 1. The van der Waals surface area contributed by atoms with Gasteiger partial charge in [-0.3, -0.25) is 9.59 Å². The minimum absolute atomic E-state index is 0.0191. The maximum atomic E-state index is 12.3. The number of phenolic OH excluding ortho intramolecular Hbond substituents is 1. The molecule has 0 saturated carbocycles. The number of aromatic hydroxyl groups is 1. The molecule has 24 heavy (non-hydrogen) atoms. The first-order valence-electron chi connectivity index (χ1n) is 7.44. The number of phenols is 1. The number of hydrogen-bond acceptors (Lipinski definition) is 5. The van der Waals surface area contributed by atoms with Crippen molar-refractivity contribution in [2.24, 2.45) is 0 Å². The third-order valence-electron chi connectivity index (χ3n) is 3.34. The number of rotatable bonds is 5. The molecule has 6 nitrogen and oxygen atoms in total. The first-order valence-corrected chi connectivity index (χ1v) is 7.44. The van der Waals surface area contributed by atoms with Crippen LogP contribution in [0.2, 0.25) is 0 Å². The van der Waals surface area contributed by atoms with Crippen LogP contribution < -0.4 is 14.8 Å². The third-order valence-corrected chi connectivity index (χ3v) is 3.34. The summed E-state index contributed by atoms with van der Waals surface area (Å²) in [5, 5.41) is 12.4. The van der Waals surface area contributed by atoms with Crippen LogP contribution >= 0.6 is 0 Å². The molecule has 0 aliphatic carbocycles. The lowest BCUT2D eigenvalue weighted by Gasteiger charge is -2.12. The predicted molar refractivity (Wildman–Crippen MR) is 89.7 cm³/mol. The summed E-state index contributed by atoms with van der Waals surface area (Å²) in [5.41, 5.74) is 1.53. The van der Waals surface area contributed by atoms with Gasteiger partial charge in [-0.2, -0.15) is 0 Å². The van der Waals surface area contributed by atoms with Gasteiger partial charge in [0.05, 0.1) is 12.8 Å². The van der Waals surface area contributed by atoms with Crippen LogP contribution in [0, 0.1) is 6.92 Å². The molecule has 0 aromatic heterocycles. The molecule has 0 fully saturated rings. The molecule has 0 atom stereocenters. The highest BCUT2D eigenvalue weighted by atomic mass is 16.6. The first kappa shape index (κ1) is 17.3. The van der Waals surface area contributed by atoms with Crippen molar-refractivity contribution < 1.29 is 24.2 Å². The Balaban J connectivity index is 2.23. The van der Waals surface area contributed by atoms with E-state index in [9.17, 15) is 14.7 Å². The molecular formula is C18H19NO5. The Kier molecular flexibility index (Phi) is 5.42. The van der Waals surface area contributed by atoms with Gasteiger partial charge in [0.2, 0.25) is 0 Å². The number of nitrogens with one attached hydrogen (secondary N) is 1. The first-order chi connectivity index (χ1) is 11.4.